The van der Waals surface area contributed by atoms with Crippen LogP contribution in [0.4, 0.5) is 4.39 Å². The number of aromatic nitrogens is 6. The molecule has 9 nitrogen and oxygen atoms in total. The Balaban J connectivity index is 1.55. The van der Waals surface area contributed by atoms with Crippen LogP contribution >= 0.6 is 0 Å². The number of hydrogen-bond acceptors (Lipinski definition) is 7. The molecule has 0 radical (unpaired) electrons. The largest absolute Gasteiger partial charge is 0.497 e. The third-order valence-electron chi connectivity index (χ3n) is 5.59. The summed E-state index contributed by atoms with van der Waals surface area (Å²) in [6, 6.07) is 13.7. The van der Waals surface area contributed by atoms with Crippen LogP contribution in [0.5, 0.6) is 5.75 Å². The Hall–Kier alpha value is -4.18. The number of aryl methyl sites for hydroxylation is 2. The smallest absolute Gasteiger partial charge is 0.283 e. The van der Waals surface area contributed by atoms with Crippen molar-refractivity contribution in [1.82, 2.24) is 29.4 Å². The van der Waals surface area contributed by atoms with Gasteiger partial charge in [-0.2, -0.15) is 9.61 Å². The fourth-order valence-corrected chi connectivity index (χ4v) is 3.85. The molecule has 0 spiro atoms. The van der Waals surface area contributed by atoms with Gasteiger partial charge in [0.2, 0.25) is 0 Å². The van der Waals surface area contributed by atoms with Crippen LogP contribution in [0.2, 0.25) is 0 Å². The van der Waals surface area contributed by atoms with Crippen molar-refractivity contribution in [3.63, 3.8) is 0 Å². The maximum atomic E-state index is 13.5. The van der Waals surface area contributed by atoms with E-state index in [4.69, 9.17) is 9.47 Å². The molecule has 3 aromatic heterocycles. The Labute approximate surface area is 193 Å². The monoisotopic (exact) mass is 460 g/mol. The molecule has 10 heteroatoms. The van der Waals surface area contributed by atoms with Gasteiger partial charge in [0.05, 0.1) is 25.0 Å². The molecule has 0 amide bonds. The highest BCUT2D eigenvalue weighted by Crippen LogP contribution is 2.29. The van der Waals surface area contributed by atoms with E-state index in [1.165, 1.54) is 27.5 Å². The van der Waals surface area contributed by atoms with Gasteiger partial charge in [0.15, 0.2) is 16.8 Å². The molecule has 0 saturated carbocycles. The van der Waals surface area contributed by atoms with Gasteiger partial charge in [0.25, 0.3) is 5.56 Å². The second kappa shape index (κ2) is 8.99. The van der Waals surface area contributed by atoms with Gasteiger partial charge in [-0.05, 0) is 41.8 Å². The van der Waals surface area contributed by atoms with E-state index >= 15 is 0 Å². The van der Waals surface area contributed by atoms with E-state index in [9.17, 15) is 9.18 Å². The molecule has 0 unspecified atom stereocenters. The molecule has 5 aromatic rings. The molecule has 0 aliphatic heterocycles. The number of nitrogens with zero attached hydrogens (tertiary/aromatic N) is 6. The Kier molecular flexibility index (Phi) is 5.72. The van der Waals surface area contributed by atoms with E-state index < -0.39 is 0 Å². The highest BCUT2D eigenvalue weighted by atomic mass is 19.1. The van der Waals surface area contributed by atoms with Crippen LogP contribution in [0.1, 0.15) is 11.3 Å². The second-order valence-electron chi connectivity index (χ2n) is 7.71. The third kappa shape index (κ3) is 3.88. The number of fused-ring (bicyclic) bond motifs is 3. The molecule has 34 heavy (non-hydrogen) atoms. The first-order valence-electron chi connectivity index (χ1n) is 10.6. The van der Waals surface area contributed by atoms with Crippen molar-refractivity contribution in [2.24, 2.45) is 0 Å². The number of hydrogen-bond donors (Lipinski definition) is 0. The number of ether oxygens (including phenoxy) is 2. The Morgan fingerprint density at radius 1 is 0.971 bits per heavy atom. The average molecular weight is 460 g/mol. The predicted octanol–water partition coefficient (Wildman–Crippen LogP) is 3.04. The minimum Gasteiger partial charge on any atom is -0.497 e. The summed E-state index contributed by atoms with van der Waals surface area (Å²) in [5.74, 6) is 0.432. The lowest BCUT2D eigenvalue weighted by Crippen LogP contribution is -2.23. The zero-order valence-electron chi connectivity index (χ0n) is 18.6. The van der Waals surface area contributed by atoms with Gasteiger partial charge in [-0.3, -0.25) is 9.36 Å². The summed E-state index contributed by atoms with van der Waals surface area (Å²) in [6.45, 7) is 0.638. The number of rotatable bonds is 7. The van der Waals surface area contributed by atoms with Crippen LogP contribution in [0.15, 0.2) is 59.7 Å². The molecule has 5 rings (SSSR count). The van der Waals surface area contributed by atoms with Gasteiger partial charge in [0.1, 0.15) is 17.9 Å². The summed E-state index contributed by atoms with van der Waals surface area (Å²) in [5, 5.41) is 13.1. The lowest BCUT2D eigenvalue weighted by atomic mass is 10.1. The molecule has 172 valence electrons. The number of halogens is 1. The summed E-state index contributed by atoms with van der Waals surface area (Å²) in [7, 11) is 3.18. The van der Waals surface area contributed by atoms with Crippen molar-refractivity contribution >= 4 is 16.8 Å². The Bertz CT molecular complexity index is 1530. The van der Waals surface area contributed by atoms with Gasteiger partial charge < -0.3 is 9.47 Å². The first kappa shape index (κ1) is 21.7. The molecule has 0 aliphatic rings. The fraction of sp³-hybridized carbons (Fsp3) is 0.208. The van der Waals surface area contributed by atoms with Crippen LogP contribution in [-0.4, -0.2) is 43.6 Å². The normalized spacial score (nSPS) is 11.4. The molecule has 0 aliphatic carbocycles. The molecule has 0 fully saturated rings. The van der Waals surface area contributed by atoms with Crippen LogP contribution in [-0.2, 0) is 24.3 Å². The van der Waals surface area contributed by atoms with E-state index in [0.29, 0.717) is 41.1 Å². The highest BCUT2D eigenvalue weighted by molar-refractivity contribution is 5.83. The van der Waals surface area contributed by atoms with Gasteiger partial charge in [0, 0.05) is 13.7 Å². The quantitative estimate of drug-likeness (QED) is 0.368. The lowest BCUT2D eigenvalue weighted by molar-refractivity contribution is 0.181. The number of methoxy groups -OCH3 is 2. The van der Waals surface area contributed by atoms with E-state index in [0.717, 1.165) is 11.3 Å². The third-order valence-corrected chi connectivity index (χ3v) is 5.59. The van der Waals surface area contributed by atoms with Crippen molar-refractivity contribution in [1.29, 1.82) is 0 Å². The molecule has 2 aromatic carbocycles. The topological polar surface area (TPSA) is 96.4 Å². The molecule has 0 bridgehead atoms. The van der Waals surface area contributed by atoms with Crippen LogP contribution in [0, 0.1) is 5.82 Å². The summed E-state index contributed by atoms with van der Waals surface area (Å²) in [5.41, 5.74) is 3.53. The van der Waals surface area contributed by atoms with Crippen molar-refractivity contribution in [2.75, 3.05) is 14.2 Å². The first-order valence-corrected chi connectivity index (χ1v) is 10.6. The Morgan fingerprint density at radius 2 is 1.74 bits per heavy atom. The maximum absolute atomic E-state index is 13.5. The minimum atomic E-state index is -0.345. The van der Waals surface area contributed by atoms with E-state index in [-0.39, 0.29) is 23.5 Å². The predicted molar refractivity (Wildman–Crippen MR) is 123 cm³/mol. The van der Waals surface area contributed by atoms with Crippen molar-refractivity contribution in [2.45, 2.75) is 19.6 Å². The van der Waals surface area contributed by atoms with E-state index in [1.807, 2.05) is 24.3 Å². The maximum Gasteiger partial charge on any atom is 0.283 e. The Morgan fingerprint density at radius 3 is 2.44 bits per heavy atom. The van der Waals surface area contributed by atoms with Crippen molar-refractivity contribution in [3.8, 4) is 16.9 Å². The molecule has 0 atom stereocenters. The molecule has 3 heterocycles. The molecule has 0 N–H and O–H groups in total. The first-order chi connectivity index (χ1) is 16.6. The summed E-state index contributed by atoms with van der Waals surface area (Å²) in [4.78, 5) is 17.6. The van der Waals surface area contributed by atoms with E-state index in [2.05, 4.69) is 20.3 Å². The van der Waals surface area contributed by atoms with Gasteiger partial charge in [-0.15, -0.1) is 10.2 Å². The minimum absolute atomic E-state index is 0.113. The van der Waals surface area contributed by atoms with Crippen molar-refractivity contribution in [3.05, 3.63) is 82.3 Å². The van der Waals surface area contributed by atoms with E-state index in [1.54, 1.807) is 26.4 Å². The summed E-state index contributed by atoms with van der Waals surface area (Å²) >= 11 is 0. The van der Waals surface area contributed by atoms with Gasteiger partial charge in [-0.1, -0.05) is 24.3 Å². The summed E-state index contributed by atoms with van der Waals surface area (Å²) in [6.07, 6.45) is 2.13. The summed E-state index contributed by atoms with van der Waals surface area (Å²) < 4.78 is 26.9. The average Bonchev–Trinajstić information content (AvgIpc) is 3.23. The second-order valence-corrected chi connectivity index (χ2v) is 7.71. The standard InChI is InChI=1S/C24H21FN6O3/c1-33-13-19-20(16-5-7-17(25)8-6-16)22-28-27-21-23(31(22)29-19)26-14-30(24(21)32)12-11-15-3-9-18(34-2)10-4-15/h3-10,14H,11-13H2,1-2H3. The van der Waals surface area contributed by atoms with Gasteiger partial charge >= 0.3 is 0 Å². The van der Waals surface area contributed by atoms with Crippen LogP contribution < -0.4 is 10.3 Å². The molecule has 0 saturated heterocycles. The zero-order chi connectivity index (χ0) is 23.7. The van der Waals surface area contributed by atoms with Crippen LogP contribution in [0.25, 0.3) is 27.9 Å². The lowest BCUT2D eigenvalue weighted by Gasteiger charge is -2.07. The van der Waals surface area contributed by atoms with Gasteiger partial charge in [-0.25, -0.2) is 9.37 Å². The SMILES string of the molecule is COCc1nn2c(nnc3c(=O)n(CCc4ccc(OC)cc4)cnc32)c1-c1ccc(F)cc1. The zero-order valence-corrected chi connectivity index (χ0v) is 18.6. The highest BCUT2D eigenvalue weighted by Gasteiger charge is 2.20. The fourth-order valence-electron chi connectivity index (χ4n) is 3.85. The van der Waals surface area contributed by atoms with Crippen LogP contribution in [0.3, 0.4) is 0 Å². The molecular weight excluding hydrogens is 439 g/mol. The van der Waals surface area contributed by atoms with Crippen molar-refractivity contribution < 1.29 is 13.9 Å². The molecular formula is C24H21FN6O3. The number of benzene rings is 2.